The van der Waals surface area contributed by atoms with Gasteiger partial charge in [-0.25, -0.2) is 0 Å². The van der Waals surface area contributed by atoms with Crippen LogP contribution in [-0.2, 0) is 4.74 Å². The summed E-state index contributed by atoms with van der Waals surface area (Å²) in [6.07, 6.45) is -2.07. The Kier molecular flexibility index (Phi) is 7.76. The Hall–Kier alpha value is -0.290. The Balaban J connectivity index is 3.51. The SMILES string of the molecule is CCC(CC)C(C)NCCOCC(F)(F)F. The van der Waals surface area contributed by atoms with E-state index in [4.69, 9.17) is 0 Å². The predicted octanol–water partition coefficient (Wildman–Crippen LogP) is 2.98. The molecular formula is C11H22F3NO. The zero-order chi connectivity index (χ0) is 12.6. The molecule has 5 heteroatoms. The molecule has 0 aromatic heterocycles. The Morgan fingerprint density at radius 1 is 1.19 bits per heavy atom. The van der Waals surface area contributed by atoms with Gasteiger partial charge in [-0.2, -0.15) is 13.2 Å². The normalized spacial score (nSPS) is 14.4. The summed E-state index contributed by atoms with van der Waals surface area (Å²) in [6.45, 7) is 5.70. The molecule has 0 aromatic rings. The fourth-order valence-electron chi connectivity index (χ4n) is 1.71. The Labute approximate surface area is 95.5 Å². The molecule has 1 atom stereocenters. The minimum absolute atomic E-state index is 0.101. The molecule has 0 heterocycles. The monoisotopic (exact) mass is 241 g/mol. The topological polar surface area (TPSA) is 21.3 Å². The van der Waals surface area contributed by atoms with Crippen LogP contribution in [0.1, 0.15) is 33.6 Å². The van der Waals surface area contributed by atoms with E-state index in [-0.39, 0.29) is 6.61 Å². The zero-order valence-corrected chi connectivity index (χ0v) is 10.2. The van der Waals surface area contributed by atoms with Gasteiger partial charge in [0.1, 0.15) is 6.61 Å². The summed E-state index contributed by atoms with van der Waals surface area (Å²) in [5, 5.41) is 3.18. The average molecular weight is 241 g/mol. The van der Waals surface area contributed by atoms with Crippen molar-refractivity contribution in [2.45, 2.75) is 45.8 Å². The van der Waals surface area contributed by atoms with Gasteiger partial charge in [-0.05, 0) is 12.8 Å². The van der Waals surface area contributed by atoms with Gasteiger partial charge in [0.25, 0.3) is 0 Å². The zero-order valence-electron chi connectivity index (χ0n) is 10.2. The van der Waals surface area contributed by atoms with Crippen LogP contribution in [0.4, 0.5) is 13.2 Å². The predicted molar refractivity (Wildman–Crippen MR) is 58.4 cm³/mol. The fourth-order valence-corrected chi connectivity index (χ4v) is 1.71. The van der Waals surface area contributed by atoms with Gasteiger partial charge in [0.05, 0.1) is 6.61 Å². The first-order valence-corrected chi connectivity index (χ1v) is 5.78. The standard InChI is InChI=1S/C11H22F3NO/c1-4-10(5-2)9(3)15-6-7-16-8-11(12,13)14/h9-10,15H,4-8H2,1-3H3. The molecule has 0 aliphatic rings. The third kappa shape index (κ3) is 7.93. The molecule has 0 spiro atoms. The molecule has 1 unspecified atom stereocenters. The molecular weight excluding hydrogens is 219 g/mol. The first-order valence-electron chi connectivity index (χ1n) is 5.78. The number of ether oxygens (including phenoxy) is 1. The van der Waals surface area contributed by atoms with E-state index < -0.39 is 12.8 Å². The summed E-state index contributed by atoms with van der Waals surface area (Å²) in [5.74, 6) is 0.572. The summed E-state index contributed by atoms with van der Waals surface area (Å²) in [6, 6.07) is 0.324. The lowest BCUT2D eigenvalue weighted by Crippen LogP contribution is -2.35. The van der Waals surface area contributed by atoms with Crippen LogP contribution in [0, 0.1) is 5.92 Å². The lowest BCUT2D eigenvalue weighted by molar-refractivity contribution is -0.173. The molecule has 0 fully saturated rings. The maximum Gasteiger partial charge on any atom is 0.411 e. The van der Waals surface area contributed by atoms with Crippen molar-refractivity contribution in [2.75, 3.05) is 19.8 Å². The second-order valence-corrected chi connectivity index (χ2v) is 3.99. The minimum atomic E-state index is -4.22. The van der Waals surface area contributed by atoms with Crippen LogP contribution in [0.25, 0.3) is 0 Å². The molecule has 0 saturated heterocycles. The van der Waals surface area contributed by atoms with Crippen LogP contribution in [0.5, 0.6) is 0 Å². The van der Waals surface area contributed by atoms with Crippen molar-refractivity contribution < 1.29 is 17.9 Å². The highest BCUT2D eigenvalue weighted by Crippen LogP contribution is 2.14. The molecule has 0 aliphatic carbocycles. The second kappa shape index (κ2) is 7.90. The van der Waals surface area contributed by atoms with E-state index in [0.29, 0.717) is 18.5 Å². The minimum Gasteiger partial charge on any atom is -0.371 e. The first-order chi connectivity index (χ1) is 7.40. The molecule has 0 aromatic carbocycles. The van der Waals surface area contributed by atoms with Gasteiger partial charge in [-0.3, -0.25) is 0 Å². The number of alkyl halides is 3. The van der Waals surface area contributed by atoms with Crippen molar-refractivity contribution in [3.63, 3.8) is 0 Å². The maximum atomic E-state index is 11.7. The van der Waals surface area contributed by atoms with Crippen molar-refractivity contribution in [3.05, 3.63) is 0 Å². The molecule has 1 N–H and O–H groups in total. The van der Waals surface area contributed by atoms with E-state index in [9.17, 15) is 13.2 Å². The van der Waals surface area contributed by atoms with Gasteiger partial charge >= 0.3 is 6.18 Å². The Morgan fingerprint density at radius 3 is 2.19 bits per heavy atom. The number of nitrogens with one attached hydrogen (secondary N) is 1. The largest absolute Gasteiger partial charge is 0.411 e. The lowest BCUT2D eigenvalue weighted by Gasteiger charge is -2.22. The molecule has 0 saturated carbocycles. The third-order valence-corrected chi connectivity index (χ3v) is 2.73. The molecule has 98 valence electrons. The van der Waals surface area contributed by atoms with Crippen molar-refractivity contribution in [2.24, 2.45) is 5.92 Å². The maximum absolute atomic E-state index is 11.7. The van der Waals surface area contributed by atoms with E-state index in [1.54, 1.807) is 0 Å². The van der Waals surface area contributed by atoms with Crippen LogP contribution >= 0.6 is 0 Å². The second-order valence-electron chi connectivity index (χ2n) is 3.99. The fraction of sp³-hybridized carbons (Fsp3) is 1.00. The summed E-state index contributed by atoms with van der Waals surface area (Å²) in [7, 11) is 0. The van der Waals surface area contributed by atoms with Crippen molar-refractivity contribution in [1.82, 2.24) is 5.32 Å². The van der Waals surface area contributed by atoms with Gasteiger partial charge in [0, 0.05) is 12.6 Å². The number of halogens is 3. The summed E-state index contributed by atoms with van der Waals surface area (Å²) in [4.78, 5) is 0. The van der Waals surface area contributed by atoms with Gasteiger partial charge in [0.15, 0.2) is 0 Å². The molecule has 16 heavy (non-hydrogen) atoms. The van der Waals surface area contributed by atoms with E-state index in [2.05, 4.69) is 30.8 Å². The van der Waals surface area contributed by atoms with Gasteiger partial charge < -0.3 is 10.1 Å². The molecule has 0 rings (SSSR count). The van der Waals surface area contributed by atoms with Crippen molar-refractivity contribution >= 4 is 0 Å². The molecule has 0 radical (unpaired) electrons. The lowest BCUT2D eigenvalue weighted by atomic mass is 9.96. The summed E-state index contributed by atoms with van der Waals surface area (Å²) in [5.41, 5.74) is 0. The van der Waals surface area contributed by atoms with Crippen LogP contribution < -0.4 is 5.32 Å². The van der Waals surface area contributed by atoms with Crippen LogP contribution in [-0.4, -0.2) is 32.0 Å². The van der Waals surface area contributed by atoms with Crippen molar-refractivity contribution in [3.8, 4) is 0 Å². The van der Waals surface area contributed by atoms with E-state index in [1.807, 2.05) is 0 Å². The van der Waals surface area contributed by atoms with Gasteiger partial charge in [0.2, 0.25) is 0 Å². The van der Waals surface area contributed by atoms with Crippen LogP contribution in [0.2, 0.25) is 0 Å². The number of hydrogen-bond acceptors (Lipinski definition) is 2. The highest BCUT2D eigenvalue weighted by atomic mass is 19.4. The van der Waals surface area contributed by atoms with Crippen LogP contribution in [0.15, 0.2) is 0 Å². The number of hydrogen-bond donors (Lipinski definition) is 1. The highest BCUT2D eigenvalue weighted by Gasteiger charge is 2.27. The van der Waals surface area contributed by atoms with E-state index in [0.717, 1.165) is 12.8 Å². The quantitative estimate of drug-likeness (QED) is 0.660. The highest BCUT2D eigenvalue weighted by molar-refractivity contribution is 4.69. The average Bonchev–Trinajstić information content (AvgIpc) is 2.17. The smallest absolute Gasteiger partial charge is 0.371 e. The van der Waals surface area contributed by atoms with Crippen molar-refractivity contribution in [1.29, 1.82) is 0 Å². The van der Waals surface area contributed by atoms with Gasteiger partial charge in [-0.15, -0.1) is 0 Å². The van der Waals surface area contributed by atoms with Gasteiger partial charge in [-0.1, -0.05) is 26.7 Å². The summed E-state index contributed by atoms with van der Waals surface area (Å²) < 4.78 is 39.7. The Bertz CT molecular complexity index is 169. The Morgan fingerprint density at radius 2 is 1.75 bits per heavy atom. The molecule has 0 aliphatic heterocycles. The molecule has 2 nitrogen and oxygen atoms in total. The van der Waals surface area contributed by atoms with E-state index in [1.165, 1.54) is 0 Å². The first kappa shape index (κ1) is 15.7. The molecule has 0 bridgehead atoms. The van der Waals surface area contributed by atoms with Crippen LogP contribution in [0.3, 0.4) is 0 Å². The molecule has 0 amide bonds. The third-order valence-electron chi connectivity index (χ3n) is 2.73. The summed E-state index contributed by atoms with van der Waals surface area (Å²) >= 11 is 0. The van der Waals surface area contributed by atoms with E-state index >= 15 is 0 Å². The number of rotatable bonds is 8.